The number of carbonyl (C=O) groups excluding carboxylic acids is 3. The van der Waals surface area contributed by atoms with Crippen LogP contribution in [0, 0.1) is 5.41 Å². The summed E-state index contributed by atoms with van der Waals surface area (Å²) in [7, 11) is 0. The topological polar surface area (TPSA) is 236 Å². The highest BCUT2D eigenvalue weighted by molar-refractivity contribution is 5.95. The third-order valence-electron chi connectivity index (χ3n) is 5.64. The summed E-state index contributed by atoms with van der Waals surface area (Å²) in [6.07, 6.45) is 0.843. The van der Waals surface area contributed by atoms with Gasteiger partial charge in [-0.1, -0.05) is 54.6 Å². The first-order valence-corrected chi connectivity index (χ1v) is 11.7. The molecule has 0 aromatic heterocycles. The number of carbonyl (C=O) groups is 3. The zero-order chi connectivity index (χ0) is 27.4. The molecule has 198 valence electrons. The summed E-state index contributed by atoms with van der Waals surface area (Å²) >= 11 is 0. The molecule has 3 atom stereocenters. The van der Waals surface area contributed by atoms with Crippen LogP contribution in [0.4, 0.5) is 0 Å². The van der Waals surface area contributed by atoms with Crippen LogP contribution >= 0.6 is 0 Å². The molecule has 12 nitrogen and oxygen atoms in total. The first kappa shape index (κ1) is 28.8. The number of guanidine groups is 1. The van der Waals surface area contributed by atoms with Gasteiger partial charge in [-0.05, 0) is 30.4 Å². The molecule has 0 aliphatic rings. The number of hydrogen-bond donors (Lipinski definition) is 8. The highest BCUT2D eigenvalue weighted by Crippen LogP contribution is 2.22. The second-order valence-corrected chi connectivity index (χ2v) is 8.43. The fourth-order valence-electron chi connectivity index (χ4n) is 3.63. The number of amides is 3. The minimum atomic E-state index is -1.31. The minimum absolute atomic E-state index is 0.0637. The maximum Gasteiger partial charge on any atom is 0.245 e. The van der Waals surface area contributed by atoms with Crippen LogP contribution < -0.4 is 33.6 Å². The van der Waals surface area contributed by atoms with E-state index in [1.54, 1.807) is 48.5 Å². The molecule has 0 spiro atoms. The molecule has 0 saturated heterocycles. The summed E-state index contributed by atoms with van der Waals surface area (Å²) in [6.45, 7) is -0.444. The van der Waals surface area contributed by atoms with Crippen LogP contribution in [-0.4, -0.2) is 59.9 Å². The van der Waals surface area contributed by atoms with Crippen molar-refractivity contribution in [1.29, 1.82) is 5.41 Å². The van der Waals surface area contributed by atoms with E-state index in [1.807, 2.05) is 6.07 Å². The molecule has 2 aromatic carbocycles. The van der Waals surface area contributed by atoms with E-state index >= 15 is 0 Å². The Morgan fingerprint density at radius 3 is 2.05 bits per heavy atom. The van der Waals surface area contributed by atoms with E-state index < -0.39 is 42.3 Å². The number of nitrogen functional groups attached to an aromatic ring is 1. The smallest absolute Gasteiger partial charge is 0.245 e. The maximum absolute atomic E-state index is 13.3. The van der Waals surface area contributed by atoms with Gasteiger partial charge in [0.05, 0.1) is 12.5 Å². The lowest BCUT2D eigenvalue weighted by molar-refractivity contribution is -0.132. The normalized spacial score (nSPS) is 13.0. The lowest BCUT2D eigenvalue weighted by Gasteiger charge is -2.23. The van der Waals surface area contributed by atoms with Crippen LogP contribution in [0.15, 0.2) is 59.6 Å². The monoisotopic (exact) mass is 510 g/mol. The van der Waals surface area contributed by atoms with Gasteiger partial charge in [0, 0.05) is 12.1 Å². The lowest BCUT2D eigenvalue weighted by Crippen LogP contribution is -2.55. The Labute approximate surface area is 215 Å². The molecule has 0 aliphatic carbocycles. The van der Waals surface area contributed by atoms with Crippen LogP contribution in [0.2, 0.25) is 0 Å². The average molecular weight is 511 g/mol. The quantitative estimate of drug-likeness (QED) is 0.0876. The van der Waals surface area contributed by atoms with Crippen LogP contribution in [-0.2, 0) is 20.8 Å². The SMILES string of the molecule is N=C(N)c1ccc(C[C@H](C(=O)N[C@@H](CO)C(=O)NC(CCCN=C(N)N)C(N)=O)c2ccccc2)cc1. The third-order valence-corrected chi connectivity index (χ3v) is 5.64. The molecule has 12 heteroatoms. The molecule has 3 amide bonds. The molecule has 2 aromatic rings. The largest absolute Gasteiger partial charge is 0.394 e. The van der Waals surface area contributed by atoms with Gasteiger partial charge in [-0.2, -0.15) is 0 Å². The number of rotatable bonds is 14. The zero-order valence-corrected chi connectivity index (χ0v) is 20.4. The molecule has 0 bridgehead atoms. The van der Waals surface area contributed by atoms with Crippen molar-refractivity contribution >= 4 is 29.5 Å². The van der Waals surface area contributed by atoms with Crippen molar-refractivity contribution in [3.63, 3.8) is 0 Å². The Morgan fingerprint density at radius 2 is 1.51 bits per heavy atom. The Balaban J connectivity index is 2.13. The van der Waals surface area contributed by atoms with E-state index in [1.165, 1.54) is 0 Å². The number of primary amides is 1. The van der Waals surface area contributed by atoms with Gasteiger partial charge < -0.3 is 38.7 Å². The first-order chi connectivity index (χ1) is 17.6. The van der Waals surface area contributed by atoms with E-state index in [0.717, 1.165) is 5.56 Å². The number of aliphatic hydroxyl groups excluding tert-OH is 1. The highest BCUT2D eigenvalue weighted by Gasteiger charge is 2.28. The molecule has 12 N–H and O–H groups in total. The number of nitrogens with two attached hydrogens (primary N) is 4. The molecule has 0 fully saturated rings. The van der Waals surface area contributed by atoms with Gasteiger partial charge in [-0.15, -0.1) is 0 Å². The number of nitrogens with one attached hydrogen (secondary N) is 3. The van der Waals surface area contributed by atoms with Crippen LogP contribution in [0.1, 0.15) is 35.4 Å². The number of aliphatic hydroxyl groups is 1. The van der Waals surface area contributed by atoms with E-state index in [0.29, 0.717) is 24.0 Å². The van der Waals surface area contributed by atoms with Crippen LogP contribution in [0.5, 0.6) is 0 Å². The van der Waals surface area contributed by atoms with Gasteiger partial charge in [0.25, 0.3) is 0 Å². The summed E-state index contributed by atoms with van der Waals surface area (Å²) in [4.78, 5) is 41.7. The molecule has 1 unspecified atom stereocenters. The number of amidine groups is 1. The fourth-order valence-corrected chi connectivity index (χ4v) is 3.63. The molecule has 2 rings (SSSR count). The first-order valence-electron chi connectivity index (χ1n) is 11.7. The van der Waals surface area contributed by atoms with E-state index in [2.05, 4.69) is 15.6 Å². The van der Waals surface area contributed by atoms with Crippen molar-refractivity contribution in [3.05, 3.63) is 71.3 Å². The van der Waals surface area contributed by atoms with Gasteiger partial charge in [0.15, 0.2) is 5.96 Å². The van der Waals surface area contributed by atoms with Crippen molar-refractivity contribution in [2.75, 3.05) is 13.2 Å². The van der Waals surface area contributed by atoms with E-state index in [-0.39, 0.29) is 24.8 Å². The van der Waals surface area contributed by atoms with Gasteiger partial charge in [0.1, 0.15) is 17.9 Å². The second-order valence-electron chi connectivity index (χ2n) is 8.43. The average Bonchev–Trinajstić information content (AvgIpc) is 2.87. The summed E-state index contributed by atoms with van der Waals surface area (Å²) < 4.78 is 0. The summed E-state index contributed by atoms with van der Waals surface area (Å²) in [6, 6.07) is 13.6. The van der Waals surface area contributed by atoms with Crippen LogP contribution in [0.25, 0.3) is 0 Å². The Hall–Kier alpha value is -4.45. The van der Waals surface area contributed by atoms with Crippen molar-refractivity contribution < 1.29 is 19.5 Å². The van der Waals surface area contributed by atoms with Gasteiger partial charge in [-0.25, -0.2) is 0 Å². The number of aliphatic imine (C=N–C) groups is 1. The summed E-state index contributed by atoms with van der Waals surface area (Å²) in [5.41, 5.74) is 23.5. The molecule has 0 aliphatic heterocycles. The Morgan fingerprint density at radius 1 is 0.892 bits per heavy atom. The molecule has 0 heterocycles. The molecule has 0 saturated carbocycles. The number of hydrogen-bond acceptors (Lipinski definition) is 6. The van der Waals surface area contributed by atoms with Gasteiger partial charge >= 0.3 is 0 Å². The molecule has 37 heavy (non-hydrogen) atoms. The van der Waals surface area contributed by atoms with Gasteiger partial charge in [0.2, 0.25) is 17.7 Å². The van der Waals surface area contributed by atoms with Crippen molar-refractivity contribution in [2.45, 2.75) is 37.3 Å². The lowest BCUT2D eigenvalue weighted by atomic mass is 9.90. The van der Waals surface area contributed by atoms with Crippen LogP contribution in [0.3, 0.4) is 0 Å². The number of benzene rings is 2. The van der Waals surface area contributed by atoms with Crippen molar-refractivity contribution in [3.8, 4) is 0 Å². The third kappa shape index (κ3) is 9.26. The zero-order valence-electron chi connectivity index (χ0n) is 20.4. The number of nitrogens with zero attached hydrogens (tertiary/aromatic N) is 1. The van der Waals surface area contributed by atoms with Gasteiger partial charge in [-0.3, -0.25) is 24.8 Å². The second kappa shape index (κ2) is 14.2. The standard InChI is InChI=1S/C25H34N8O4/c26-21(27)17-10-8-15(9-11-17)13-18(16-5-2-1-3-6-16)23(36)33-20(14-34)24(37)32-19(22(28)35)7-4-12-31-25(29)30/h1-3,5-6,8-11,18-20,34H,4,7,12-14H2,(H3,26,27)(H2,28,35)(H,32,37)(H,33,36)(H4,29,30,31)/t18-,19?,20-/m0/s1. The molecular formula is C25H34N8O4. The van der Waals surface area contributed by atoms with Crippen molar-refractivity contribution in [2.24, 2.45) is 27.9 Å². The predicted molar refractivity (Wildman–Crippen MR) is 140 cm³/mol. The van der Waals surface area contributed by atoms with E-state index in [9.17, 15) is 19.5 Å². The minimum Gasteiger partial charge on any atom is -0.394 e. The van der Waals surface area contributed by atoms with E-state index in [4.69, 9.17) is 28.3 Å². The Kier molecular flexibility index (Phi) is 11.0. The maximum atomic E-state index is 13.3. The van der Waals surface area contributed by atoms with Crippen molar-refractivity contribution in [1.82, 2.24) is 10.6 Å². The molecular weight excluding hydrogens is 476 g/mol. The summed E-state index contributed by atoms with van der Waals surface area (Å²) in [5, 5.41) is 22.4. The fraction of sp³-hybridized carbons (Fsp3) is 0.320. The Bertz CT molecular complexity index is 1100. The highest BCUT2D eigenvalue weighted by atomic mass is 16.3. The summed E-state index contributed by atoms with van der Waals surface area (Å²) in [5.74, 6) is -2.84. The predicted octanol–water partition coefficient (Wildman–Crippen LogP) is -1.20. The molecule has 0 radical (unpaired) electrons.